The van der Waals surface area contributed by atoms with Crippen LogP contribution in [0, 0.1) is 5.92 Å². The van der Waals surface area contributed by atoms with Crippen molar-refractivity contribution in [1.82, 2.24) is 15.1 Å². The van der Waals surface area contributed by atoms with Crippen molar-refractivity contribution in [2.24, 2.45) is 5.92 Å². The molecule has 0 saturated carbocycles. The van der Waals surface area contributed by atoms with Crippen molar-refractivity contribution >= 4 is 5.91 Å². The lowest BCUT2D eigenvalue weighted by molar-refractivity contribution is -0.128. The predicted molar refractivity (Wildman–Crippen MR) is 121 cm³/mol. The van der Waals surface area contributed by atoms with Gasteiger partial charge in [0.1, 0.15) is 0 Å². The van der Waals surface area contributed by atoms with E-state index in [1.807, 2.05) is 0 Å². The van der Waals surface area contributed by atoms with Gasteiger partial charge in [-0.2, -0.15) is 0 Å². The highest BCUT2D eigenvalue weighted by molar-refractivity contribution is 5.79. The van der Waals surface area contributed by atoms with Gasteiger partial charge in [0.2, 0.25) is 5.91 Å². The van der Waals surface area contributed by atoms with Gasteiger partial charge in [0.05, 0.1) is 12.6 Å². The van der Waals surface area contributed by atoms with E-state index >= 15 is 0 Å². The number of aryl methyl sites for hydroxylation is 1. The molecular weight excluding hydrogens is 374 g/mol. The summed E-state index contributed by atoms with van der Waals surface area (Å²) in [7, 11) is 0. The number of amides is 1. The molecular formula is C25H39N3O2. The molecule has 1 atom stereocenters. The maximum absolute atomic E-state index is 12.6. The molecule has 0 radical (unpaired) electrons. The average molecular weight is 414 g/mol. The quantitative estimate of drug-likeness (QED) is 0.746. The largest absolute Gasteiger partial charge is 0.379 e. The third-order valence-electron chi connectivity index (χ3n) is 7.26. The van der Waals surface area contributed by atoms with Gasteiger partial charge < -0.3 is 19.9 Å². The Morgan fingerprint density at radius 3 is 2.47 bits per heavy atom. The Hall–Kier alpha value is -1.43. The number of nitrogens with one attached hydrogen (secondary N) is 1. The first kappa shape index (κ1) is 21.8. The molecule has 1 aromatic carbocycles. The van der Waals surface area contributed by atoms with Crippen LogP contribution in [0.4, 0.5) is 0 Å². The number of rotatable bonds is 7. The zero-order chi connectivity index (χ0) is 20.6. The van der Waals surface area contributed by atoms with Crippen molar-refractivity contribution in [3.63, 3.8) is 0 Å². The first-order valence-electron chi connectivity index (χ1n) is 12.2. The van der Waals surface area contributed by atoms with Gasteiger partial charge in [0, 0.05) is 18.6 Å². The van der Waals surface area contributed by atoms with E-state index in [1.165, 1.54) is 50.9 Å². The number of nitrogens with zero attached hydrogens (tertiary/aromatic N) is 2. The van der Waals surface area contributed by atoms with Gasteiger partial charge in [-0.15, -0.1) is 0 Å². The fourth-order valence-corrected chi connectivity index (χ4v) is 5.36. The number of hydrogen-bond acceptors (Lipinski definition) is 4. The summed E-state index contributed by atoms with van der Waals surface area (Å²) in [5.41, 5.74) is 1.45. The highest BCUT2D eigenvalue weighted by atomic mass is 16.5. The summed E-state index contributed by atoms with van der Waals surface area (Å²) >= 11 is 0. The van der Waals surface area contributed by atoms with Gasteiger partial charge in [-0.3, -0.25) is 4.79 Å². The molecule has 0 aromatic heterocycles. The van der Waals surface area contributed by atoms with Crippen LogP contribution in [0.25, 0.3) is 0 Å². The molecule has 30 heavy (non-hydrogen) atoms. The molecule has 1 N–H and O–H groups in total. The fourth-order valence-electron chi connectivity index (χ4n) is 5.36. The van der Waals surface area contributed by atoms with E-state index < -0.39 is 0 Å². The number of benzene rings is 1. The summed E-state index contributed by atoms with van der Waals surface area (Å²) in [5, 5.41) is 3.23. The van der Waals surface area contributed by atoms with E-state index in [2.05, 4.69) is 45.4 Å². The highest BCUT2D eigenvalue weighted by Gasteiger charge is 2.31. The van der Waals surface area contributed by atoms with Gasteiger partial charge in [-0.05, 0) is 89.7 Å². The molecule has 5 nitrogen and oxygen atoms in total. The minimum Gasteiger partial charge on any atom is -0.379 e. The summed E-state index contributed by atoms with van der Waals surface area (Å²) in [6.07, 6.45) is 9.14. The highest BCUT2D eigenvalue weighted by Crippen LogP contribution is 2.24. The van der Waals surface area contributed by atoms with E-state index in [1.54, 1.807) is 0 Å². The zero-order valence-corrected chi connectivity index (χ0v) is 18.4. The number of ether oxygens (including phenoxy) is 1. The van der Waals surface area contributed by atoms with Crippen molar-refractivity contribution in [1.29, 1.82) is 0 Å². The minimum absolute atomic E-state index is 0.196. The summed E-state index contributed by atoms with van der Waals surface area (Å²) in [6, 6.07) is 11.8. The second-order valence-corrected chi connectivity index (χ2v) is 9.39. The molecule has 0 aliphatic carbocycles. The van der Waals surface area contributed by atoms with Crippen LogP contribution in [0.15, 0.2) is 30.3 Å². The SMILES string of the molecule is O=C(N[C@@H]1CCCOC1)C1CCN(C2CCN(CCCc3ccccc3)CC2)CC1. The van der Waals surface area contributed by atoms with Crippen LogP contribution >= 0.6 is 0 Å². The maximum atomic E-state index is 12.6. The van der Waals surface area contributed by atoms with Crippen molar-refractivity contribution in [3.05, 3.63) is 35.9 Å². The number of likely N-dealkylation sites (tertiary alicyclic amines) is 2. The molecule has 3 saturated heterocycles. The van der Waals surface area contributed by atoms with E-state index in [9.17, 15) is 4.79 Å². The molecule has 1 aromatic rings. The molecule has 3 fully saturated rings. The van der Waals surface area contributed by atoms with Crippen LogP contribution < -0.4 is 5.32 Å². The lowest BCUT2D eigenvalue weighted by Crippen LogP contribution is -2.50. The Labute approximate surface area is 182 Å². The Balaban J connectivity index is 1.11. The topological polar surface area (TPSA) is 44.8 Å². The van der Waals surface area contributed by atoms with Crippen LogP contribution in [-0.2, 0) is 16.0 Å². The molecule has 166 valence electrons. The lowest BCUT2D eigenvalue weighted by Gasteiger charge is -2.41. The summed E-state index contributed by atoms with van der Waals surface area (Å²) in [4.78, 5) is 17.9. The fraction of sp³-hybridized carbons (Fsp3) is 0.720. The van der Waals surface area contributed by atoms with E-state index in [0.717, 1.165) is 45.4 Å². The van der Waals surface area contributed by atoms with Crippen LogP contribution in [0.5, 0.6) is 0 Å². The van der Waals surface area contributed by atoms with Crippen LogP contribution in [0.2, 0.25) is 0 Å². The molecule has 0 bridgehead atoms. The van der Waals surface area contributed by atoms with Gasteiger partial charge >= 0.3 is 0 Å². The first-order chi connectivity index (χ1) is 14.8. The van der Waals surface area contributed by atoms with Crippen LogP contribution in [0.1, 0.15) is 50.5 Å². The van der Waals surface area contributed by atoms with Crippen molar-refractivity contribution in [2.45, 2.75) is 63.5 Å². The Morgan fingerprint density at radius 2 is 1.77 bits per heavy atom. The zero-order valence-electron chi connectivity index (χ0n) is 18.4. The molecule has 3 heterocycles. The maximum Gasteiger partial charge on any atom is 0.223 e. The Kier molecular flexibility index (Phi) is 8.18. The average Bonchev–Trinajstić information content (AvgIpc) is 2.81. The molecule has 5 heteroatoms. The van der Waals surface area contributed by atoms with E-state index in [4.69, 9.17) is 4.74 Å². The molecule has 4 rings (SSSR count). The lowest BCUT2D eigenvalue weighted by atomic mass is 9.92. The Morgan fingerprint density at radius 1 is 1.00 bits per heavy atom. The number of carbonyl (C=O) groups excluding carboxylic acids is 1. The van der Waals surface area contributed by atoms with E-state index in [-0.39, 0.29) is 17.9 Å². The van der Waals surface area contributed by atoms with Gasteiger partial charge in [-0.25, -0.2) is 0 Å². The smallest absolute Gasteiger partial charge is 0.223 e. The molecule has 0 unspecified atom stereocenters. The summed E-state index contributed by atoms with van der Waals surface area (Å²) in [6.45, 7) is 7.36. The molecule has 3 aliphatic heterocycles. The minimum atomic E-state index is 0.196. The second kappa shape index (κ2) is 11.3. The molecule has 0 spiro atoms. The summed E-state index contributed by atoms with van der Waals surface area (Å²) in [5.74, 6) is 0.458. The standard InChI is InChI=1S/C25H39N3O2/c29-25(26-23-9-5-19-30-20-23)22-10-17-28(18-11-22)24-12-15-27(16-13-24)14-4-8-21-6-2-1-3-7-21/h1-3,6-7,22-24H,4-5,8-20H2,(H,26,29)/t23-/m1/s1. The second-order valence-electron chi connectivity index (χ2n) is 9.39. The predicted octanol–water partition coefficient (Wildman–Crippen LogP) is 3.09. The number of hydrogen-bond donors (Lipinski definition) is 1. The van der Waals surface area contributed by atoms with Gasteiger partial charge in [-0.1, -0.05) is 30.3 Å². The monoisotopic (exact) mass is 413 g/mol. The normalized spacial score (nSPS) is 25.3. The van der Waals surface area contributed by atoms with Gasteiger partial charge in [0.15, 0.2) is 0 Å². The van der Waals surface area contributed by atoms with Crippen LogP contribution in [0.3, 0.4) is 0 Å². The Bertz CT molecular complexity index is 631. The number of carbonyl (C=O) groups is 1. The molecule has 1 amide bonds. The van der Waals surface area contributed by atoms with E-state index in [0.29, 0.717) is 12.6 Å². The van der Waals surface area contributed by atoms with Crippen molar-refractivity contribution in [2.75, 3.05) is 45.9 Å². The first-order valence-corrected chi connectivity index (χ1v) is 12.2. The number of piperidine rings is 2. The third-order valence-corrected chi connectivity index (χ3v) is 7.26. The van der Waals surface area contributed by atoms with Crippen LogP contribution in [-0.4, -0.2) is 73.7 Å². The van der Waals surface area contributed by atoms with Crippen molar-refractivity contribution < 1.29 is 9.53 Å². The third kappa shape index (κ3) is 6.29. The van der Waals surface area contributed by atoms with Crippen molar-refractivity contribution in [3.8, 4) is 0 Å². The summed E-state index contributed by atoms with van der Waals surface area (Å²) < 4.78 is 5.50. The molecule has 3 aliphatic rings. The van der Waals surface area contributed by atoms with Gasteiger partial charge in [0.25, 0.3) is 0 Å².